The molecule has 0 aliphatic rings. The van der Waals surface area contributed by atoms with Crippen molar-refractivity contribution in [3.05, 3.63) is 22.9 Å². The Kier molecular flexibility index (Phi) is 5.29. The zero-order valence-electron chi connectivity index (χ0n) is 10.7. The van der Waals surface area contributed by atoms with Gasteiger partial charge in [-0.3, -0.25) is 0 Å². The van der Waals surface area contributed by atoms with Gasteiger partial charge in [0.05, 0.1) is 0 Å². The van der Waals surface area contributed by atoms with E-state index in [1.165, 1.54) is 17.5 Å². The molecule has 1 rings (SSSR count). The molecular formula is C13H22N2S. The number of thioether (sulfide) groups is 1. The molecule has 2 nitrogen and oxygen atoms in total. The van der Waals surface area contributed by atoms with Crippen LogP contribution in [0.2, 0.25) is 0 Å². The van der Waals surface area contributed by atoms with Gasteiger partial charge >= 0.3 is 0 Å². The lowest BCUT2D eigenvalue weighted by atomic mass is 10.1. The molecule has 0 fully saturated rings. The second kappa shape index (κ2) is 6.26. The summed E-state index contributed by atoms with van der Waals surface area (Å²) in [5, 5.41) is 1.13. The minimum atomic E-state index is 0.586. The van der Waals surface area contributed by atoms with E-state index < -0.39 is 0 Å². The Morgan fingerprint density at radius 3 is 2.62 bits per heavy atom. The van der Waals surface area contributed by atoms with Crippen LogP contribution < -0.4 is 5.73 Å². The van der Waals surface area contributed by atoms with Gasteiger partial charge in [0.2, 0.25) is 0 Å². The van der Waals surface area contributed by atoms with Crippen LogP contribution in [-0.2, 0) is 6.54 Å². The van der Waals surface area contributed by atoms with E-state index in [2.05, 4.69) is 31.8 Å². The van der Waals surface area contributed by atoms with E-state index in [1.54, 1.807) is 0 Å². The molecule has 0 bridgehead atoms. The molecule has 16 heavy (non-hydrogen) atoms. The number of rotatable bonds is 5. The van der Waals surface area contributed by atoms with Crippen LogP contribution >= 0.6 is 11.8 Å². The van der Waals surface area contributed by atoms with Crippen LogP contribution in [0.3, 0.4) is 0 Å². The van der Waals surface area contributed by atoms with Crippen LogP contribution in [0.5, 0.6) is 0 Å². The summed E-state index contributed by atoms with van der Waals surface area (Å²) in [5.41, 5.74) is 9.34. The number of aryl methyl sites for hydroxylation is 2. The molecule has 3 heteroatoms. The van der Waals surface area contributed by atoms with Gasteiger partial charge in [-0.25, -0.2) is 4.98 Å². The van der Waals surface area contributed by atoms with Gasteiger partial charge in [0.25, 0.3) is 0 Å². The van der Waals surface area contributed by atoms with Gasteiger partial charge in [0.1, 0.15) is 5.03 Å². The molecule has 0 spiro atoms. The highest BCUT2D eigenvalue weighted by Crippen LogP contribution is 2.25. The zero-order valence-corrected chi connectivity index (χ0v) is 11.5. The highest BCUT2D eigenvalue weighted by molar-refractivity contribution is 7.99. The smallest absolute Gasteiger partial charge is 0.101 e. The lowest BCUT2D eigenvalue weighted by Gasteiger charge is -2.11. The molecule has 1 aromatic heterocycles. The minimum Gasteiger partial charge on any atom is -0.326 e. The summed E-state index contributed by atoms with van der Waals surface area (Å²) in [6.45, 7) is 9.24. The summed E-state index contributed by atoms with van der Waals surface area (Å²) in [6.07, 6.45) is 1.23. The number of hydrogen-bond acceptors (Lipinski definition) is 3. The maximum Gasteiger partial charge on any atom is 0.101 e. The first kappa shape index (κ1) is 13.5. The van der Waals surface area contributed by atoms with Crippen molar-refractivity contribution >= 4 is 11.8 Å². The Labute approximate surface area is 103 Å². The molecule has 0 saturated heterocycles. The molecule has 0 amide bonds. The van der Waals surface area contributed by atoms with Crippen molar-refractivity contribution in [1.29, 1.82) is 0 Å². The molecule has 90 valence electrons. The largest absolute Gasteiger partial charge is 0.326 e. The first-order valence-corrected chi connectivity index (χ1v) is 6.83. The van der Waals surface area contributed by atoms with Gasteiger partial charge < -0.3 is 5.73 Å². The normalized spacial score (nSPS) is 11.1. The van der Waals surface area contributed by atoms with E-state index in [4.69, 9.17) is 5.73 Å². The van der Waals surface area contributed by atoms with Crippen molar-refractivity contribution in [3.8, 4) is 0 Å². The van der Waals surface area contributed by atoms with Crippen LogP contribution in [0.4, 0.5) is 0 Å². The van der Waals surface area contributed by atoms with E-state index in [0.717, 1.165) is 22.4 Å². The van der Waals surface area contributed by atoms with Gasteiger partial charge in [-0.2, -0.15) is 0 Å². The van der Waals surface area contributed by atoms with E-state index in [1.807, 2.05) is 18.7 Å². The maximum absolute atomic E-state index is 5.78. The van der Waals surface area contributed by atoms with Crippen LogP contribution in [-0.4, -0.2) is 10.7 Å². The third kappa shape index (κ3) is 3.80. The molecule has 1 heterocycles. The molecule has 0 radical (unpaired) electrons. The third-order valence-corrected chi connectivity index (χ3v) is 3.63. The summed E-state index contributed by atoms with van der Waals surface area (Å²) in [5.74, 6) is 1.88. The molecule has 0 aliphatic heterocycles. The average Bonchev–Trinajstić information content (AvgIpc) is 2.16. The fourth-order valence-electron chi connectivity index (χ4n) is 1.59. The zero-order chi connectivity index (χ0) is 12.1. The van der Waals surface area contributed by atoms with Crippen LogP contribution in [0.1, 0.15) is 37.1 Å². The molecule has 0 saturated carbocycles. The number of nitrogens with two attached hydrogens (primary N) is 1. The molecule has 0 atom stereocenters. The van der Waals surface area contributed by atoms with Crippen molar-refractivity contribution < 1.29 is 0 Å². The Balaban J connectivity index is 2.77. The van der Waals surface area contributed by atoms with E-state index in [0.29, 0.717) is 6.54 Å². The van der Waals surface area contributed by atoms with E-state index >= 15 is 0 Å². The fourth-order valence-corrected chi connectivity index (χ4v) is 3.00. The Hall–Kier alpha value is -0.540. The summed E-state index contributed by atoms with van der Waals surface area (Å²) in [4.78, 5) is 4.58. The van der Waals surface area contributed by atoms with Gasteiger partial charge in [-0.1, -0.05) is 13.8 Å². The predicted molar refractivity (Wildman–Crippen MR) is 71.8 cm³/mol. The van der Waals surface area contributed by atoms with Crippen LogP contribution in [0.25, 0.3) is 0 Å². The maximum atomic E-state index is 5.78. The highest BCUT2D eigenvalue weighted by atomic mass is 32.2. The fraction of sp³-hybridized carbons (Fsp3) is 0.615. The number of pyridine rings is 1. The lowest BCUT2D eigenvalue weighted by molar-refractivity contribution is 0.631. The Morgan fingerprint density at radius 2 is 2.06 bits per heavy atom. The Bertz CT molecular complexity index is 348. The van der Waals surface area contributed by atoms with Crippen LogP contribution in [0, 0.1) is 19.8 Å². The number of hydrogen-bond donors (Lipinski definition) is 1. The van der Waals surface area contributed by atoms with Gasteiger partial charge in [0, 0.05) is 17.8 Å². The third-order valence-electron chi connectivity index (χ3n) is 2.58. The standard InChI is InChI=1S/C13H22N2S/c1-9(2)5-6-16-13-12(8-14)10(3)7-11(4)15-13/h7,9H,5-6,8,14H2,1-4H3. The molecule has 0 unspecified atom stereocenters. The SMILES string of the molecule is Cc1cc(C)c(CN)c(SCCC(C)C)n1. The minimum absolute atomic E-state index is 0.586. The summed E-state index contributed by atoms with van der Waals surface area (Å²) in [6, 6.07) is 2.11. The van der Waals surface area contributed by atoms with Crippen molar-refractivity contribution in [2.75, 3.05) is 5.75 Å². The van der Waals surface area contributed by atoms with E-state index in [-0.39, 0.29) is 0 Å². The monoisotopic (exact) mass is 238 g/mol. The topological polar surface area (TPSA) is 38.9 Å². The summed E-state index contributed by atoms with van der Waals surface area (Å²) >= 11 is 1.84. The molecular weight excluding hydrogens is 216 g/mol. The van der Waals surface area contributed by atoms with Crippen molar-refractivity contribution in [2.45, 2.75) is 45.7 Å². The molecule has 2 N–H and O–H groups in total. The van der Waals surface area contributed by atoms with Crippen molar-refractivity contribution in [3.63, 3.8) is 0 Å². The van der Waals surface area contributed by atoms with Gasteiger partial charge in [-0.05, 0) is 43.6 Å². The lowest BCUT2D eigenvalue weighted by Crippen LogP contribution is -2.05. The quantitative estimate of drug-likeness (QED) is 0.800. The number of nitrogens with zero attached hydrogens (tertiary/aromatic N) is 1. The number of aromatic nitrogens is 1. The van der Waals surface area contributed by atoms with Crippen molar-refractivity contribution in [1.82, 2.24) is 4.98 Å². The average molecular weight is 238 g/mol. The van der Waals surface area contributed by atoms with Gasteiger partial charge in [-0.15, -0.1) is 11.8 Å². The first-order chi connectivity index (χ1) is 7.54. The Morgan fingerprint density at radius 1 is 1.38 bits per heavy atom. The molecule has 0 aliphatic carbocycles. The molecule has 0 aromatic carbocycles. The second-order valence-electron chi connectivity index (χ2n) is 4.60. The van der Waals surface area contributed by atoms with Crippen molar-refractivity contribution in [2.24, 2.45) is 11.7 Å². The van der Waals surface area contributed by atoms with E-state index in [9.17, 15) is 0 Å². The first-order valence-electron chi connectivity index (χ1n) is 5.84. The molecule has 1 aromatic rings. The van der Waals surface area contributed by atoms with Crippen LogP contribution in [0.15, 0.2) is 11.1 Å². The summed E-state index contributed by atoms with van der Waals surface area (Å²) in [7, 11) is 0. The second-order valence-corrected chi connectivity index (χ2v) is 5.68. The highest BCUT2D eigenvalue weighted by Gasteiger charge is 2.08. The predicted octanol–water partition coefficient (Wildman–Crippen LogP) is 3.30. The summed E-state index contributed by atoms with van der Waals surface area (Å²) < 4.78 is 0. The van der Waals surface area contributed by atoms with Gasteiger partial charge in [0.15, 0.2) is 0 Å².